The highest BCUT2D eigenvalue weighted by molar-refractivity contribution is 6.10. The summed E-state index contributed by atoms with van der Waals surface area (Å²) in [7, 11) is 0. The molecule has 0 spiro atoms. The molecule has 174 valence electrons. The first kappa shape index (κ1) is 22.6. The molecule has 5 nitrogen and oxygen atoms in total. The van der Waals surface area contributed by atoms with E-state index in [0.717, 1.165) is 11.1 Å². The number of anilines is 1. The van der Waals surface area contributed by atoms with E-state index in [1.807, 2.05) is 67.6 Å². The Balaban J connectivity index is 1.36. The molecular formula is C30H25NO4. The van der Waals surface area contributed by atoms with Crippen LogP contribution in [0.3, 0.4) is 0 Å². The molecule has 1 amide bonds. The minimum Gasteiger partial charge on any atom is -0.457 e. The molecule has 1 N–H and O–H groups in total. The van der Waals surface area contributed by atoms with Crippen LogP contribution in [0.2, 0.25) is 0 Å². The minimum atomic E-state index is -1.92. The van der Waals surface area contributed by atoms with Crippen LogP contribution in [0.1, 0.15) is 33.5 Å². The third kappa shape index (κ3) is 4.46. The van der Waals surface area contributed by atoms with Gasteiger partial charge in [0.1, 0.15) is 11.5 Å². The molecule has 1 heterocycles. The van der Waals surface area contributed by atoms with Crippen LogP contribution in [0.25, 0.3) is 0 Å². The van der Waals surface area contributed by atoms with Gasteiger partial charge in [0.05, 0.1) is 18.7 Å². The van der Waals surface area contributed by atoms with E-state index in [4.69, 9.17) is 4.74 Å². The van der Waals surface area contributed by atoms with Crippen molar-refractivity contribution in [1.82, 2.24) is 0 Å². The Kier molecular flexibility index (Phi) is 5.93. The number of para-hydroxylation sites is 2. The molecule has 1 aliphatic rings. The average molecular weight is 464 g/mol. The third-order valence-corrected chi connectivity index (χ3v) is 6.27. The molecule has 0 fully saturated rings. The van der Waals surface area contributed by atoms with Crippen LogP contribution in [0, 0.1) is 6.92 Å². The molecule has 5 rings (SSSR count). The third-order valence-electron chi connectivity index (χ3n) is 6.27. The van der Waals surface area contributed by atoms with Gasteiger partial charge in [0.15, 0.2) is 11.4 Å². The van der Waals surface area contributed by atoms with Crippen molar-refractivity contribution in [2.45, 2.75) is 25.5 Å². The lowest BCUT2D eigenvalue weighted by molar-refractivity contribution is -0.136. The fraction of sp³-hybridized carbons (Fsp3) is 0.133. The quantitative estimate of drug-likeness (QED) is 0.352. The van der Waals surface area contributed by atoms with Crippen LogP contribution in [-0.4, -0.2) is 16.8 Å². The molecule has 0 aliphatic carbocycles. The molecule has 0 aromatic heterocycles. The Hall–Kier alpha value is -4.22. The van der Waals surface area contributed by atoms with Crippen LogP contribution in [0.4, 0.5) is 5.69 Å². The fourth-order valence-corrected chi connectivity index (χ4v) is 4.38. The molecule has 35 heavy (non-hydrogen) atoms. The normalized spacial score (nSPS) is 16.7. The topological polar surface area (TPSA) is 66.8 Å². The smallest absolute Gasteiger partial charge is 0.264 e. The van der Waals surface area contributed by atoms with Crippen LogP contribution < -0.4 is 9.64 Å². The minimum absolute atomic E-state index is 0.318. The van der Waals surface area contributed by atoms with Crippen LogP contribution in [-0.2, 0) is 16.9 Å². The maximum absolute atomic E-state index is 13.5. The molecule has 0 saturated heterocycles. The summed E-state index contributed by atoms with van der Waals surface area (Å²) in [5, 5.41) is 11.5. The fourth-order valence-electron chi connectivity index (χ4n) is 4.38. The van der Waals surface area contributed by atoms with Crippen LogP contribution in [0.5, 0.6) is 11.5 Å². The van der Waals surface area contributed by atoms with E-state index in [-0.39, 0.29) is 12.2 Å². The van der Waals surface area contributed by atoms with E-state index in [2.05, 4.69) is 0 Å². The molecule has 5 heteroatoms. The van der Waals surface area contributed by atoms with E-state index in [0.29, 0.717) is 34.9 Å². The van der Waals surface area contributed by atoms with Crippen molar-refractivity contribution in [2.24, 2.45) is 0 Å². The van der Waals surface area contributed by atoms with E-state index in [1.165, 1.54) is 0 Å². The molecule has 4 aromatic carbocycles. The zero-order valence-electron chi connectivity index (χ0n) is 19.3. The first-order valence-corrected chi connectivity index (χ1v) is 11.5. The number of hydrogen-bond acceptors (Lipinski definition) is 4. The summed E-state index contributed by atoms with van der Waals surface area (Å²) in [6, 6.07) is 31.1. The highest BCUT2D eigenvalue weighted by atomic mass is 16.5. The molecule has 0 radical (unpaired) electrons. The van der Waals surface area contributed by atoms with Crippen molar-refractivity contribution >= 4 is 17.4 Å². The van der Waals surface area contributed by atoms with Gasteiger partial charge < -0.3 is 14.7 Å². The van der Waals surface area contributed by atoms with E-state index in [9.17, 15) is 14.7 Å². The lowest BCUT2D eigenvalue weighted by atomic mass is 9.88. The van der Waals surface area contributed by atoms with Gasteiger partial charge in [-0.25, -0.2) is 0 Å². The first-order valence-electron chi connectivity index (χ1n) is 11.5. The Bertz CT molecular complexity index is 1360. The van der Waals surface area contributed by atoms with Gasteiger partial charge in [0, 0.05) is 11.1 Å². The SMILES string of the molecule is Cc1ccc(CN2C(=O)C(O)(CC(=O)c3ccc(Oc4ccccc4)cc3)c3ccccc32)cc1. The maximum Gasteiger partial charge on any atom is 0.264 e. The molecule has 1 aliphatic heterocycles. The van der Waals surface area contributed by atoms with Gasteiger partial charge in [-0.05, 0) is 55.0 Å². The second kappa shape index (κ2) is 9.20. The summed E-state index contributed by atoms with van der Waals surface area (Å²) >= 11 is 0. The van der Waals surface area contributed by atoms with E-state index < -0.39 is 11.5 Å². The van der Waals surface area contributed by atoms with Crippen LogP contribution in [0.15, 0.2) is 103 Å². The van der Waals surface area contributed by atoms with Gasteiger partial charge in [0.25, 0.3) is 5.91 Å². The number of nitrogens with zero attached hydrogens (tertiary/aromatic N) is 1. The monoisotopic (exact) mass is 463 g/mol. The molecule has 1 atom stereocenters. The second-order valence-electron chi connectivity index (χ2n) is 8.79. The summed E-state index contributed by atoms with van der Waals surface area (Å²) in [5.41, 5.74) is 1.64. The summed E-state index contributed by atoms with van der Waals surface area (Å²) < 4.78 is 5.79. The van der Waals surface area contributed by atoms with Crippen molar-refractivity contribution in [3.05, 3.63) is 125 Å². The Morgan fingerprint density at radius 2 is 1.46 bits per heavy atom. The highest BCUT2D eigenvalue weighted by Gasteiger charge is 2.50. The van der Waals surface area contributed by atoms with Gasteiger partial charge in [-0.15, -0.1) is 0 Å². The number of ketones is 1. The highest BCUT2D eigenvalue weighted by Crippen LogP contribution is 2.43. The largest absolute Gasteiger partial charge is 0.457 e. The van der Waals surface area contributed by atoms with Gasteiger partial charge in [-0.3, -0.25) is 9.59 Å². The number of ether oxygens (including phenoxy) is 1. The van der Waals surface area contributed by atoms with Crippen molar-refractivity contribution in [2.75, 3.05) is 4.90 Å². The Morgan fingerprint density at radius 3 is 2.17 bits per heavy atom. The number of rotatable bonds is 7. The van der Waals surface area contributed by atoms with E-state index >= 15 is 0 Å². The zero-order valence-corrected chi connectivity index (χ0v) is 19.3. The van der Waals surface area contributed by atoms with Gasteiger partial charge in [-0.1, -0.05) is 66.2 Å². The van der Waals surface area contributed by atoms with E-state index in [1.54, 1.807) is 47.4 Å². The molecule has 1 unspecified atom stereocenters. The number of carbonyl (C=O) groups excluding carboxylic acids is 2. The maximum atomic E-state index is 13.5. The number of carbonyl (C=O) groups is 2. The zero-order chi connectivity index (χ0) is 24.4. The summed E-state index contributed by atoms with van der Waals surface area (Å²) in [5.74, 6) is 0.483. The number of aliphatic hydroxyl groups is 1. The van der Waals surface area contributed by atoms with Crippen molar-refractivity contribution in [3.63, 3.8) is 0 Å². The van der Waals surface area contributed by atoms with Crippen LogP contribution >= 0.6 is 0 Å². The van der Waals surface area contributed by atoms with Crippen molar-refractivity contribution in [1.29, 1.82) is 0 Å². The lowest BCUT2D eigenvalue weighted by Gasteiger charge is -2.23. The predicted octanol–water partition coefficient (Wildman–Crippen LogP) is 5.79. The number of hydrogen-bond donors (Lipinski definition) is 1. The summed E-state index contributed by atoms with van der Waals surface area (Å²) in [6.07, 6.45) is -0.341. The standard InChI is InChI=1S/C30H25NO4/c1-21-11-13-22(14-12-21)20-31-27-10-6-5-9-26(27)30(34,29(31)33)19-28(32)23-15-17-25(18-16-23)35-24-7-3-2-4-8-24/h2-18,34H,19-20H2,1H3. The number of Topliss-reactive ketones (excluding diaryl/α,β-unsaturated/α-hetero) is 1. The Labute approximate surface area is 204 Å². The van der Waals surface area contributed by atoms with Gasteiger partial charge >= 0.3 is 0 Å². The summed E-state index contributed by atoms with van der Waals surface area (Å²) in [6.45, 7) is 2.32. The number of aryl methyl sites for hydroxylation is 1. The number of benzene rings is 4. The molecule has 4 aromatic rings. The Morgan fingerprint density at radius 1 is 0.829 bits per heavy atom. The van der Waals surface area contributed by atoms with Crippen molar-refractivity contribution in [3.8, 4) is 11.5 Å². The van der Waals surface area contributed by atoms with Gasteiger partial charge in [0.2, 0.25) is 0 Å². The predicted molar refractivity (Wildman–Crippen MR) is 135 cm³/mol. The van der Waals surface area contributed by atoms with Crippen molar-refractivity contribution < 1.29 is 19.4 Å². The molecular weight excluding hydrogens is 438 g/mol. The first-order chi connectivity index (χ1) is 16.9. The average Bonchev–Trinajstić information content (AvgIpc) is 3.08. The number of fused-ring (bicyclic) bond motifs is 1. The molecule has 0 bridgehead atoms. The number of amides is 1. The molecule has 0 saturated carbocycles. The second-order valence-corrected chi connectivity index (χ2v) is 8.79. The lowest BCUT2D eigenvalue weighted by Crippen LogP contribution is -2.41. The summed E-state index contributed by atoms with van der Waals surface area (Å²) in [4.78, 5) is 28.2. The van der Waals surface area contributed by atoms with Gasteiger partial charge in [-0.2, -0.15) is 0 Å².